The molecule has 2 heteroatoms. The first-order valence-electron chi connectivity index (χ1n) is 9.61. The zero-order chi connectivity index (χ0) is 16.9. The predicted molar refractivity (Wildman–Crippen MR) is 97.5 cm³/mol. The van der Waals surface area contributed by atoms with Crippen molar-refractivity contribution in [2.75, 3.05) is 6.61 Å². The van der Waals surface area contributed by atoms with Crippen LogP contribution in [0.1, 0.15) is 56.2 Å². The first-order valence-corrected chi connectivity index (χ1v) is 9.61. The van der Waals surface area contributed by atoms with Gasteiger partial charge >= 0.3 is 0 Å². The molecule has 0 aromatic heterocycles. The van der Waals surface area contributed by atoms with E-state index in [9.17, 15) is 5.11 Å². The molecule has 1 aromatic carbocycles. The summed E-state index contributed by atoms with van der Waals surface area (Å²) in [5.74, 6) is 0.860. The van der Waals surface area contributed by atoms with E-state index in [-0.39, 0.29) is 5.41 Å². The number of hydrogen-bond donors (Lipinski definition) is 1. The molecule has 3 aliphatic carbocycles. The molecule has 2 nitrogen and oxygen atoms in total. The van der Waals surface area contributed by atoms with E-state index in [4.69, 9.17) is 4.74 Å². The van der Waals surface area contributed by atoms with E-state index in [1.54, 1.807) is 0 Å². The molecule has 0 aliphatic heterocycles. The molecule has 0 radical (unpaired) electrons. The van der Waals surface area contributed by atoms with Crippen molar-refractivity contribution in [3.8, 4) is 0 Å². The van der Waals surface area contributed by atoms with Crippen molar-refractivity contribution in [1.29, 1.82) is 0 Å². The molecule has 5 atom stereocenters. The van der Waals surface area contributed by atoms with Crippen LogP contribution in [0.5, 0.6) is 0 Å². The lowest BCUT2D eigenvalue weighted by Crippen LogP contribution is -2.51. The normalized spacial score (nSPS) is 40.6. The minimum Gasteiger partial charge on any atom is -0.365 e. The van der Waals surface area contributed by atoms with Gasteiger partial charge in [0.15, 0.2) is 5.79 Å². The maximum atomic E-state index is 11.2. The van der Waals surface area contributed by atoms with Gasteiger partial charge in [0.1, 0.15) is 0 Å². The van der Waals surface area contributed by atoms with Crippen molar-refractivity contribution in [3.63, 3.8) is 0 Å². The number of fused-ring (bicyclic) bond motifs is 4. The summed E-state index contributed by atoms with van der Waals surface area (Å²) in [6.07, 6.45) is 10.1. The van der Waals surface area contributed by atoms with Crippen LogP contribution in [-0.4, -0.2) is 17.5 Å². The van der Waals surface area contributed by atoms with Gasteiger partial charge in [0, 0.05) is 18.4 Å². The summed E-state index contributed by atoms with van der Waals surface area (Å²) in [4.78, 5) is 0. The molecular formula is C22H30O2. The van der Waals surface area contributed by atoms with Crippen LogP contribution in [0.2, 0.25) is 0 Å². The molecule has 5 unspecified atom stereocenters. The summed E-state index contributed by atoms with van der Waals surface area (Å²) in [5, 5.41) is 11.2. The van der Waals surface area contributed by atoms with Gasteiger partial charge in [-0.2, -0.15) is 0 Å². The Morgan fingerprint density at radius 2 is 2.08 bits per heavy atom. The van der Waals surface area contributed by atoms with Crippen LogP contribution in [-0.2, 0) is 11.2 Å². The van der Waals surface area contributed by atoms with E-state index < -0.39 is 5.79 Å². The third kappa shape index (κ3) is 2.30. The minimum absolute atomic E-state index is 0.110. The molecule has 0 amide bonds. The van der Waals surface area contributed by atoms with E-state index in [0.29, 0.717) is 24.4 Å². The molecule has 0 spiro atoms. The monoisotopic (exact) mass is 326 g/mol. The number of ether oxygens (including phenoxy) is 1. The topological polar surface area (TPSA) is 29.5 Å². The first kappa shape index (κ1) is 16.4. The van der Waals surface area contributed by atoms with Gasteiger partial charge in [0.05, 0.1) is 0 Å². The van der Waals surface area contributed by atoms with Crippen molar-refractivity contribution in [3.05, 3.63) is 41.0 Å². The van der Waals surface area contributed by atoms with Gasteiger partial charge in [0.25, 0.3) is 0 Å². The van der Waals surface area contributed by atoms with E-state index in [1.165, 1.54) is 29.5 Å². The fraction of sp³-hybridized carbons (Fsp3) is 0.636. The largest absolute Gasteiger partial charge is 0.365 e. The molecule has 4 rings (SSSR count). The Morgan fingerprint density at radius 3 is 2.88 bits per heavy atom. The molecule has 1 N–H and O–H groups in total. The highest BCUT2D eigenvalue weighted by Crippen LogP contribution is 2.62. The van der Waals surface area contributed by atoms with Gasteiger partial charge in [-0.25, -0.2) is 0 Å². The van der Waals surface area contributed by atoms with Crippen molar-refractivity contribution in [2.45, 2.75) is 58.7 Å². The van der Waals surface area contributed by atoms with Crippen LogP contribution in [0, 0.1) is 30.1 Å². The Morgan fingerprint density at radius 1 is 1.25 bits per heavy atom. The Bertz CT molecular complexity index is 664. The summed E-state index contributed by atoms with van der Waals surface area (Å²) < 4.78 is 5.88. The Hall–Kier alpha value is -1.12. The third-order valence-electron chi connectivity index (χ3n) is 7.21. The second kappa shape index (κ2) is 5.71. The van der Waals surface area contributed by atoms with Crippen molar-refractivity contribution < 1.29 is 9.84 Å². The van der Waals surface area contributed by atoms with E-state index in [2.05, 4.69) is 44.2 Å². The average Bonchev–Trinajstić information content (AvgIpc) is 2.70. The molecule has 0 bridgehead atoms. The Balaban J connectivity index is 1.67. The van der Waals surface area contributed by atoms with Crippen LogP contribution >= 0.6 is 0 Å². The van der Waals surface area contributed by atoms with Gasteiger partial charge in [0.2, 0.25) is 0 Å². The summed E-state index contributed by atoms with van der Waals surface area (Å²) >= 11 is 0. The summed E-state index contributed by atoms with van der Waals surface area (Å²) in [6, 6.07) is 6.87. The van der Waals surface area contributed by atoms with Crippen LogP contribution in [0.15, 0.2) is 24.3 Å². The highest BCUT2D eigenvalue weighted by molar-refractivity contribution is 5.57. The molecule has 0 heterocycles. The van der Waals surface area contributed by atoms with Crippen molar-refractivity contribution >= 4 is 6.08 Å². The summed E-state index contributed by atoms with van der Waals surface area (Å²) in [7, 11) is 0. The van der Waals surface area contributed by atoms with E-state index in [1.807, 2.05) is 6.92 Å². The van der Waals surface area contributed by atoms with Crippen LogP contribution in [0.25, 0.3) is 6.08 Å². The summed E-state index contributed by atoms with van der Waals surface area (Å²) in [6.45, 7) is 7.02. The fourth-order valence-electron chi connectivity index (χ4n) is 5.81. The fourth-order valence-corrected chi connectivity index (χ4v) is 5.81. The van der Waals surface area contributed by atoms with Gasteiger partial charge < -0.3 is 9.84 Å². The van der Waals surface area contributed by atoms with Crippen LogP contribution in [0.3, 0.4) is 0 Å². The van der Waals surface area contributed by atoms with Crippen LogP contribution < -0.4 is 0 Å². The maximum absolute atomic E-state index is 11.2. The number of benzene rings is 1. The molecular weight excluding hydrogens is 296 g/mol. The Kier molecular flexibility index (Phi) is 3.89. The molecule has 24 heavy (non-hydrogen) atoms. The zero-order valence-corrected chi connectivity index (χ0v) is 15.2. The standard InChI is InChI=1S/C22H30O2/c1-4-24-22(23)12-10-20-19-8-7-16-13-15(2)5-6-17(16)14-18(19)9-11-21(20,22)3/h5-8,13,18-20,23H,4,9-12,14H2,1-3H3. The quantitative estimate of drug-likeness (QED) is 0.796. The maximum Gasteiger partial charge on any atom is 0.171 e. The molecule has 1 aromatic rings. The van der Waals surface area contributed by atoms with E-state index >= 15 is 0 Å². The van der Waals surface area contributed by atoms with Gasteiger partial charge in [-0.1, -0.05) is 42.8 Å². The SMILES string of the molecule is CCOC1(O)CCC2C3C=Cc4cc(C)ccc4CC3CCC21C. The van der Waals surface area contributed by atoms with Gasteiger partial charge in [-0.3, -0.25) is 0 Å². The lowest BCUT2D eigenvalue weighted by atomic mass is 9.58. The second-order valence-electron chi connectivity index (χ2n) is 8.42. The Labute approximate surface area is 145 Å². The third-order valence-corrected chi connectivity index (χ3v) is 7.21. The minimum atomic E-state index is -0.930. The molecule has 2 saturated carbocycles. The van der Waals surface area contributed by atoms with Crippen LogP contribution in [0.4, 0.5) is 0 Å². The predicted octanol–water partition coefficient (Wildman–Crippen LogP) is 4.73. The molecule has 2 fully saturated rings. The molecule has 130 valence electrons. The lowest BCUT2D eigenvalue weighted by molar-refractivity contribution is -0.269. The molecule has 3 aliphatic rings. The van der Waals surface area contributed by atoms with Gasteiger partial charge in [-0.15, -0.1) is 0 Å². The second-order valence-corrected chi connectivity index (χ2v) is 8.42. The smallest absolute Gasteiger partial charge is 0.171 e. The molecule has 0 saturated heterocycles. The number of allylic oxidation sites excluding steroid dienone is 1. The summed E-state index contributed by atoms with van der Waals surface area (Å²) in [5.41, 5.74) is 4.11. The number of aliphatic hydroxyl groups is 1. The highest BCUT2D eigenvalue weighted by atomic mass is 16.6. The first-order chi connectivity index (χ1) is 11.5. The number of hydrogen-bond acceptors (Lipinski definition) is 2. The lowest BCUT2D eigenvalue weighted by Gasteiger charge is -2.50. The number of rotatable bonds is 2. The van der Waals surface area contributed by atoms with Crippen molar-refractivity contribution in [2.24, 2.45) is 23.2 Å². The van der Waals surface area contributed by atoms with Gasteiger partial charge in [-0.05, 0) is 68.4 Å². The van der Waals surface area contributed by atoms with E-state index in [0.717, 1.165) is 19.3 Å². The van der Waals surface area contributed by atoms with Crippen molar-refractivity contribution in [1.82, 2.24) is 0 Å². The zero-order valence-electron chi connectivity index (χ0n) is 15.2. The highest BCUT2D eigenvalue weighted by Gasteiger charge is 2.61. The average molecular weight is 326 g/mol. The number of aryl methyl sites for hydroxylation is 1.